The van der Waals surface area contributed by atoms with Crippen LogP contribution >= 0.6 is 0 Å². The van der Waals surface area contributed by atoms with Crippen LogP contribution in [0.25, 0.3) is 11.5 Å². The molecule has 164 valence electrons. The van der Waals surface area contributed by atoms with Crippen LogP contribution in [0, 0.1) is 20.8 Å². The molecule has 1 N–H and O–H groups in total. The quantitative estimate of drug-likeness (QED) is 0.395. The second-order valence-electron chi connectivity index (χ2n) is 7.57. The summed E-state index contributed by atoms with van der Waals surface area (Å²) in [6.45, 7) is 5.89. The molecule has 1 heterocycles. The van der Waals surface area contributed by atoms with Crippen molar-refractivity contribution in [1.82, 2.24) is 4.98 Å². The van der Waals surface area contributed by atoms with Crippen LogP contribution in [0.3, 0.4) is 0 Å². The third-order valence-corrected chi connectivity index (χ3v) is 6.43. The van der Waals surface area contributed by atoms with Crippen molar-refractivity contribution in [3.63, 3.8) is 0 Å². The Morgan fingerprint density at radius 3 is 2.34 bits per heavy atom. The van der Waals surface area contributed by atoms with Crippen LogP contribution < -0.4 is 9.46 Å². The summed E-state index contributed by atoms with van der Waals surface area (Å²) in [5, 5.41) is 0. The molecular formula is C25H24N2O4S. The number of aryl methyl sites for hydroxylation is 3. The number of oxazole rings is 1. The van der Waals surface area contributed by atoms with Crippen LogP contribution in [0.5, 0.6) is 5.75 Å². The number of anilines is 1. The fourth-order valence-electron chi connectivity index (χ4n) is 3.26. The minimum atomic E-state index is -3.70. The van der Waals surface area contributed by atoms with Crippen molar-refractivity contribution in [1.29, 1.82) is 0 Å². The molecular weight excluding hydrogens is 424 g/mol. The van der Waals surface area contributed by atoms with Crippen LogP contribution in [0.4, 0.5) is 5.69 Å². The molecule has 4 aromatic rings. The van der Waals surface area contributed by atoms with Gasteiger partial charge in [-0.1, -0.05) is 35.9 Å². The first kappa shape index (κ1) is 21.6. The number of sulfonamides is 1. The molecule has 0 aliphatic carbocycles. The molecule has 0 bridgehead atoms. The number of hydrogen-bond donors (Lipinski definition) is 1. The monoisotopic (exact) mass is 448 g/mol. The Kier molecular flexibility index (Phi) is 6.01. The Balaban J connectivity index is 1.43. The molecule has 6 nitrogen and oxygen atoms in total. The third-order valence-electron chi connectivity index (χ3n) is 5.05. The van der Waals surface area contributed by atoms with E-state index in [4.69, 9.17) is 9.15 Å². The van der Waals surface area contributed by atoms with E-state index in [1.165, 1.54) is 12.1 Å². The van der Waals surface area contributed by atoms with Gasteiger partial charge in [-0.2, -0.15) is 0 Å². The minimum absolute atomic E-state index is 0.161. The number of nitrogens with zero attached hydrogens (tertiary/aromatic N) is 1. The second kappa shape index (κ2) is 8.88. The number of benzene rings is 3. The lowest BCUT2D eigenvalue weighted by atomic mass is 10.1. The first-order valence-corrected chi connectivity index (χ1v) is 11.6. The van der Waals surface area contributed by atoms with E-state index in [1.54, 1.807) is 18.2 Å². The van der Waals surface area contributed by atoms with Gasteiger partial charge < -0.3 is 9.15 Å². The first-order chi connectivity index (χ1) is 15.3. The molecule has 0 spiro atoms. The van der Waals surface area contributed by atoms with Crippen LogP contribution in [-0.4, -0.2) is 13.4 Å². The van der Waals surface area contributed by atoms with Crippen molar-refractivity contribution in [3.05, 3.63) is 95.4 Å². The molecule has 0 amide bonds. The van der Waals surface area contributed by atoms with E-state index < -0.39 is 10.0 Å². The molecule has 0 aliphatic heterocycles. The van der Waals surface area contributed by atoms with E-state index >= 15 is 0 Å². The largest absolute Gasteiger partial charge is 0.487 e. The van der Waals surface area contributed by atoms with Crippen molar-refractivity contribution >= 4 is 15.7 Å². The molecule has 32 heavy (non-hydrogen) atoms. The van der Waals surface area contributed by atoms with Gasteiger partial charge >= 0.3 is 0 Å². The standard InChI is InChI=1S/C25H24N2O4S/c1-17-9-14-23(18(2)15-17)27-32(28,29)22-12-10-21(11-13-22)30-16-24-19(3)31-25(26-24)20-7-5-4-6-8-20/h4-15,27H,16H2,1-3H3. The van der Waals surface area contributed by atoms with E-state index in [9.17, 15) is 8.42 Å². The van der Waals surface area contributed by atoms with Crippen molar-refractivity contribution in [2.75, 3.05) is 4.72 Å². The average Bonchev–Trinajstić information content (AvgIpc) is 3.16. The molecule has 0 saturated carbocycles. The molecule has 0 aliphatic rings. The Hall–Kier alpha value is -3.58. The lowest BCUT2D eigenvalue weighted by Gasteiger charge is -2.12. The minimum Gasteiger partial charge on any atom is -0.487 e. The molecule has 0 unspecified atom stereocenters. The van der Waals surface area contributed by atoms with Gasteiger partial charge in [0.05, 0.1) is 10.6 Å². The van der Waals surface area contributed by atoms with Crippen molar-refractivity contribution < 1.29 is 17.6 Å². The molecule has 0 atom stereocenters. The zero-order valence-corrected chi connectivity index (χ0v) is 18.9. The van der Waals surface area contributed by atoms with Gasteiger partial charge in [0.15, 0.2) is 0 Å². The highest BCUT2D eigenvalue weighted by molar-refractivity contribution is 7.92. The van der Waals surface area contributed by atoms with Crippen LogP contribution in [0.2, 0.25) is 0 Å². The SMILES string of the molecule is Cc1ccc(NS(=O)(=O)c2ccc(OCc3nc(-c4ccccc4)oc3C)cc2)c(C)c1. The van der Waals surface area contributed by atoms with Gasteiger partial charge in [0.2, 0.25) is 5.89 Å². The molecule has 3 aromatic carbocycles. The molecule has 0 radical (unpaired) electrons. The summed E-state index contributed by atoms with van der Waals surface area (Å²) in [6.07, 6.45) is 0. The Morgan fingerprint density at radius 2 is 1.66 bits per heavy atom. The topological polar surface area (TPSA) is 81.4 Å². The summed E-state index contributed by atoms with van der Waals surface area (Å²) >= 11 is 0. The third kappa shape index (κ3) is 4.84. The summed E-state index contributed by atoms with van der Waals surface area (Å²) in [5.41, 5.74) is 4.09. The van der Waals surface area contributed by atoms with Crippen LogP contribution in [0.1, 0.15) is 22.6 Å². The highest BCUT2D eigenvalue weighted by Gasteiger charge is 2.16. The fourth-order valence-corrected chi connectivity index (χ4v) is 4.40. The normalized spacial score (nSPS) is 11.3. The van der Waals surface area contributed by atoms with E-state index in [0.29, 0.717) is 28.8 Å². The Bertz CT molecular complexity index is 1330. The van der Waals surface area contributed by atoms with Crippen LogP contribution in [0.15, 0.2) is 82.1 Å². The summed E-state index contributed by atoms with van der Waals surface area (Å²) in [7, 11) is -3.70. The van der Waals surface area contributed by atoms with Gasteiger partial charge in [-0.05, 0) is 68.8 Å². The van der Waals surface area contributed by atoms with Crippen molar-refractivity contribution in [3.8, 4) is 17.2 Å². The lowest BCUT2D eigenvalue weighted by Crippen LogP contribution is -2.13. The Labute approximate surface area is 188 Å². The zero-order valence-electron chi connectivity index (χ0n) is 18.1. The van der Waals surface area contributed by atoms with Gasteiger partial charge in [-0.3, -0.25) is 4.72 Å². The smallest absolute Gasteiger partial charge is 0.261 e. The van der Waals surface area contributed by atoms with Crippen molar-refractivity contribution in [2.45, 2.75) is 32.3 Å². The Morgan fingerprint density at radius 1 is 0.938 bits per heavy atom. The highest BCUT2D eigenvalue weighted by atomic mass is 32.2. The van der Waals surface area contributed by atoms with E-state index in [-0.39, 0.29) is 11.5 Å². The maximum Gasteiger partial charge on any atom is 0.261 e. The van der Waals surface area contributed by atoms with Gasteiger partial charge in [-0.15, -0.1) is 0 Å². The number of nitrogens with one attached hydrogen (secondary N) is 1. The summed E-state index contributed by atoms with van der Waals surface area (Å²) < 4.78 is 39.7. The predicted molar refractivity (Wildman–Crippen MR) is 124 cm³/mol. The summed E-state index contributed by atoms with van der Waals surface area (Å²) in [5.74, 6) is 1.76. The summed E-state index contributed by atoms with van der Waals surface area (Å²) in [6, 6.07) is 21.5. The van der Waals surface area contributed by atoms with Gasteiger partial charge in [0.25, 0.3) is 10.0 Å². The second-order valence-corrected chi connectivity index (χ2v) is 9.25. The summed E-state index contributed by atoms with van der Waals surface area (Å²) in [4.78, 5) is 4.68. The molecule has 4 rings (SSSR count). The van der Waals surface area contributed by atoms with Gasteiger partial charge in [0.1, 0.15) is 23.8 Å². The number of ether oxygens (including phenoxy) is 1. The van der Waals surface area contributed by atoms with Gasteiger partial charge in [-0.25, -0.2) is 13.4 Å². The predicted octanol–water partition coefficient (Wildman–Crippen LogP) is 5.65. The molecule has 0 fully saturated rings. The lowest BCUT2D eigenvalue weighted by molar-refractivity contribution is 0.299. The molecule has 0 saturated heterocycles. The number of rotatable bonds is 7. The average molecular weight is 449 g/mol. The van der Waals surface area contributed by atoms with Crippen molar-refractivity contribution in [2.24, 2.45) is 0 Å². The maximum atomic E-state index is 12.7. The zero-order chi connectivity index (χ0) is 22.7. The van der Waals surface area contributed by atoms with Gasteiger partial charge in [0, 0.05) is 5.56 Å². The molecule has 7 heteroatoms. The molecule has 1 aromatic heterocycles. The number of aromatic nitrogens is 1. The maximum absolute atomic E-state index is 12.7. The van der Waals surface area contributed by atoms with E-state index in [0.717, 1.165) is 16.7 Å². The van der Waals surface area contributed by atoms with Crippen LogP contribution in [-0.2, 0) is 16.6 Å². The van der Waals surface area contributed by atoms with E-state index in [2.05, 4.69) is 9.71 Å². The fraction of sp³-hybridized carbons (Fsp3) is 0.160. The first-order valence-electron chi connectivity index (χ1n) is 10.2. The number of hydrogen-bond acceptors (Lipinski definition) is 5. The van der Waals surface area contributed by atoms with E-state index in [1.807, 2.05) is 63.2 Å². The highest BCUT2D eigenvalue weighted by Crippen LogP contribution is 2.24.